The van der Waals surface area contributed by atoms with Crippen molar-refractivity contribution < 1.29 is 0 Å². The van der Waals surface area contributed by atoms with Gasteiger partial charge < -0.3 is 0 Å². The van der Waals surface area contributed by atoms with Gasteiger partial charge in [0.25, 0.3) is 0 Å². The highest BCUT2D eigenvalue weighted by atomic mass is 14.0. The number of rotatable bonds is 6. The Labute approximate surface area is 113 Å². The molecule has 1 aromatic carbocycles. The van der Waals surface area contributed by atoms with Gasteiger partial charge in [-0.05, 0) is 29.5 Å². The molecule has 0 atom stereocenters. The fourth-order valence-corrected chi connectivity index (χ4v) is 1.65. The third-order valence-electron chi connectivity index (χ3n) is 2.62. The van der Waals surface area contributed by atoms with Crippen LogP contribution in [0.5, 0.6) is 0 Å². The number of benzene rings is 1. The highest BCUT2D eigenvalue weighted by molar-refractivity contribution is 5.74. The quantitative estimate of drug-likeness (QED) is 0.552. The van der Waals surface area contributed by atoms with E-state index in [2.05, 4.69) is 44.3 Å². The van der Waals surface area contributed by atoms with Gasteiger partial charge >= 0.3 is 0 Å². The van der Waals surface area contributed by atoms with Gasteiger partial charge in [-0.1, -0.05) is 82.8 Å². The van der Waals surface area contributed by atoms with E-state index in [4.69, 9.17) is 0 Å². The van der Waals surface area contributed by atoms with Crippen LogP contribution >= 0.6 is 0 Å². The lowest BCUT2D eigenvalue weighted by Gasteiger charge is -2.04. The van der Waals surface area contributed by atoms with E-state index in [1.165, 1.54) is 30.4 Å². The number of hydrogen-bond acceptors (Lipinski definition) is 0. The summed E-state index contributed by atoms with van der Waals surface area (Å²) >= 11 is 0. The summed E-state index contributed by atoms with van der Waals surface area (Å²) in [6, 6.07) is 8.71. The average molecular weight is 242 g/mol. The van der Waals surface area contributed by atoms with Gasteiger partial charge in [0.1, 0.15) is 0 Å². The summed E-state index contributed by atoms with van der Waals surface area (Å²) < 4.78 is 0. The van der Waals surface area contributed by atoms with E-state index in [0.29, 0.717) is 0 Å². The molecule has 98 valence electrons. The smallest absolute Gasteiger partial charge is 0.0184 e. The van der Waals surface area contributed by atoms with Crippen molar-refractivity contribution in [2.75, 3.05) is 0 Å². The van der Waals surface area contributed by atoms with Crippen molar-refractivity contribution in [3.63, 3.8) is 0 Å². The summed E-state index contributed by atoms with van der Waals surface area (Å²) in [6.45, 7) is 13.7. The minimum absolute atomic E-state index is 1.12. The van der Waals surface area contributed by atoms with Crippen LogP contribution in [0.3, 0.4) is 0 Å². The monoisotopic (exact) mass is 242 g/mol. The molecule has 0 radical (unpaired) electrons. The predicted octanol–water partition coefficient (Wildman–Crippen LogP) is 5.81. The molecule has 0 heterocycles. The Morgan fingerprint density at radius 2 is 1.72 bits per heavy atom. The third kappa shape index (κ3) is 5.67. The van der Waals surface area contributed by atoms with Crippen LogP contribution in [0.2, 0.25) is 0 Å². The van der Waals surface area contributed by atoms with Crippen LogP contribution < -0.4 is 0 Å². The largest absolute Gasteiger partial charge is 0.0990 e. The molecule has 0 saturated heterocycles. The van der Waals surface area contributed by atoms with E-state index in [1.807, 2.05) is 26.0 Å². The van der Waals surface area contributed by atoms with Gasteiger partial charge in [-0.2, -0.15) is 0 Å². The fourth-order valence-electron chi connectivity index (χ4n) is 1.65. The van der Waals surface area contributed by atoms with Crippen molar-refractivity contribution in [3.05, 3.63) is 66.8 Å². The maximum Gasteiger partial charge on any atom is -0.0184 e. The van der Waals surface area contributed by atoms with E-state index in [1.54, 1.807) is 6.08 Å². The van der Waals surface area contributed by atoms with Crippen LogP contribution in [-0.2, 0) is 6.42 Å². The second-order valence-electron chi connectivity index (χ2n) is 3.86. The van der Waals surface area contributed by atoms with Crippen LogP contribution in [0.15, 0.2) is 55.7 Å². The van der Waals surface area contributed by atoms with Crippen LogP contribution in [0.25, 0.3) is 5.57 Å². The first kappa shape index (κ1) is 16.4. The number of aryl methyl sites for hydroxylation is 1. The first-order valence-electron chi connectivity index (χ1n) is 6.86. The Bertz CT molecular complexity index is 366. The van der Waals surface area contributed by atoms with E-state index in [9.17, 15) is 0 Å². The molecule has 0 spiro atoms. The zero-order valence-corrected chi connectivity index (χ0v) is 12.1. The lowest BCUT2D eigenvalue weighted by molar-refractivity contribution is 0.795. The molecule has 0 N–H and O–H groups in total. The second-order valence-corrected chi connectivity index (χ2v) is 3.86. The topological polar surface area (TPSA) is 0 Å². The van der Waals surface area contributed by atoms with Crippen molar-refractivity contribution in [1.29, 1.82) is 0 Å². The zero-order valence-electron chi connectivity index (χ0n) is 12.1. The van der Waals surface area contributed by atoms with E-state index < -0.39 is 0 Å². The SMILES string of the molecule is C=C/C=C(\C=C)c1ccc(CCCC)cc1.CC. The molecule has 0 amide bonds. The summed E-state index contributed by atoms with van der Waals surface area (Å²) in [6.07, 6.45) is 9.32. The summed E-state index contributed by atoms with van der Waals surface area (Å²) in [5.74, 6) is 0. The van der Waals surface area contributed by atoms with Gasteiger partial charge in [0.15, 0.2) is 0 Å². The van der Waals surface area contributed by atoms with Gasteiger partial charge in [-0.15, -0.1) is 0 Å². The number of hydrogen-bond donors (Lipinski definition) is 0. The highest BCUT2D eigenvalue weighted by Crippen LogP contribution is 2.17. The minimum Gasteiger partial charge on any atom is -0.0990 e. The molecule has 1 aromatic rings. The summed E-state index contributed by atoms with van der Waals surface area (Å²) in [5.41, 5.74) is 3.74. The lowest BCUT2D eigenvalue weighted by Crippen LogP contribution is -1.86. The van der Waals surface area contributed by atoms with Gasteiger partial charge in [0.2, 0.25) is 0 Å². The molecule has 0 aliphatic carbocycles. The van der Waals surface area contributed by atoms with Crippen molar-refractivity contribution in [2.45, 2.75) is 40.0 Å². The molecule has 18 heavy (non-hydrogen) atoms. The van der Waals surface area contributed by atoms with Crippen LogP contribution in [0.1, 0.15) is 44.7 Å². The van der Waals surface area contributed by atoms with Crippen LogP contribution in [0.4, 0.5) is 0 Å². The van der Waals surface area contributed by atoms with E-state index in [0.717, 1.165) is 5.57 Å². The van der Waals surface area contributed by atoms with Crippen molar-refractivity contribution >= 4 is 5.57 Å². The fraction of sp³-hybridized carbons (Fsp3) is 0.333. The summed E-state index contributed by atoms with van der Waals surface area (Å²) in [4.78, 5) is 0. The van der Waals surface area contributed by atoms with E-state index in [-0.39, 0.29) is 0 Å². The molecule has 0 saturated carbocycles. The van der Waals surface area contributed by atoms with Gasteiger partial charge in [-0.3, -0.25) is 0 Å². The maximum absolute atomic E-state index is 3.81. The number of unbranched alkanes of at least 4 members (excludes halogenated alkanes) is 1. The second kappa shape index (κ2) is 10.6. The summed E-state index contributed by atoms with van der Waals surface area (Å²) in [5, 5.41) is 0. The maximum atomic E-state index is 3.81. The Balaban J connectivity index is 0.00000137. The lowest BCUT2D eigenvalue weighted by atomic mass is 10.0. The Morgan fingerprint density at radius 3 is 2.17 bits per heavy atom. The Hall–Kier alpha value is -1.56. The molecule has 1 rings (SSSR count). The molecular formula is C18H26. The van der Waals surface area contributed by atoms with Crippen molar-refractivity contribution in [3.8, 4) is 0 Å². The molecule has 0 aliphatic rings. The first-order chi connectivity index (χ1) is 8.81. The molecule has 0 heteroatoms. The molecule has 0 nitrogen and oxygen atoms in total. The van der Waals surface area contributed by atoms with Crippen molar-refractivity contribution in [1.82, 2.24) is 0 Å². The molecule has 0 fully saturated rings. The average Bonchev–Trinajstić information content (AvgIpc) is 2.45. The van der Waals surface area contributed by atoms with Crippen molar-refractivity contribution in [2.24, 2.45) is 0 Å². The standard InChI is InChI=1S/C16H20.C2H6/c1-4-7-9-14-10-12-16(13-11-14)15(6-3)8-5-2;1-2/h5-6,8,10-13H,2-4,7,9H2,1H3;1-2H3/b15-8+;. The van der Waals surface area contributed by atoms with Crippen LogP contribution in [-0.4, -0.2) is 0 Å². The Morgan fingerprint density at radius 1 is 1.11 bits per heavy atom. The normalized spacial score (nSPS) is 10.3. The molecule has 0 aromatic heterocycles. The van der Waals surface area contributed by atoms with Gasteiger partial charge in [0, 0.05) is 0 Å². The van der Waals surface area contributed by atoms with Crippen LogP contribution in [0, 0.1) is 0 Å². The number of allylic oxidation sites excluding steroid dienone is 4. The predicted molar refractivity (Wildman–Crippen MR) is 84.8 cm³/mol. The minimum atomic E-state index is 1.12. The zero-order chi connectivity index (χ0) is 13.8. The molecular weight excluding hydrogens is 216 g/mol. The summed E-state index contributed by atoms with van der Waals surface area (Å²) in [7, 11) is 0. The van der Waals surface area contributed by atoms with Gasteiger partial charge in [-0.25, -0.2) is 0 Å². The highest BCUT2D eigenvalue weighted by Gasteiger charge is 1.97. The van der Waals surface area contributed by atoms with E-state index >= 15 is 0 Å². The third-order valence-corrected chi connectivity index (χ3v) is 2.62. The van der Waals surface area contributed by atoms with Gasteiger partial charge in [0.05, 0.1) is 0 Å². The molecule has 0 bridgehead atoms. The molecule has 0 unspecified atom stereocenters. The Kier molecular flexibility index (Phi) is 9.67. The molecule has 0 aliphatic heterocycles. The first-order valence-corrected chi connectivity index (χ1v) is 6.86.